The zero-order valence-corrected chi connectivity index (χ0v) is 11.3. The average Bonchev–Trinajstić information content (AvgIpc) is 2.68. The molecule has 2 atom stereocenters. The SMILES string of the molecule is CCC1CN(CC2(C)CCCC2)C(C)CN1. The van der Waals surface area contributed by atoms with Crippen LogP contribution in [0, 0.1) is 5.41 Å². The normalized spacial score (nSPS) is 35.4. The van der Waals surface area contributed by atoms with Gasteiger partial charge in [0.25, 0.3) is 0 Å². The molecule has 0 bridgehead atoms. The van der Waals surface area contributed by atoms with Crippen LogP contribution in [0.2, 0.25) is 0 Å². The van der Waals surface area contributed by atoms with Crippen molar-refractivity contribution in [3.63, 3.8) is 0 Å². The summed E-state index contributed by atoms with van der Waals surface area (Å²) in [6, 6.07) is 1.45. The molecule has 2 nitrogen and oxygen atoms in total. The zero-order chi connectivity index (χ0) is 11.6. The molecule has 1 aliphatic heterocycles. The van der Waals surface area contributed by atoms with E-state index in [0.717, 1.165) is 12.1 Å². The van der Waals surface area contributed by atoms with Crippen LogP contribution in [0.5, 0.6) is 0 Å². The fourth-order valence-electron chi connectivity index (χ4n) is 3.36. The Morgan fingerprint density at radius 2 is 2.00 bits per heavy atom. The van der Waals surface area contributed by atoms with Gasteiger partial charge in [0.15, 0.2) is 0 Å². The van der Waals surface area contributed by atoms with Gasteiger partial charge in [-0.2, -0.15) is 0 Å². The Balaban J connectivity index is 1.91. The molecule has 0 spiro atoms. The minimum Gasteiger partial charge on any atom is -0.311 e. The van der Waals surface area contributed by atoms with Gasteiger partial charge in [0.1, 0.15) is 0 Å². The summed E-state index contributed by atoms with van der Waals surface area (Å²) in [5, 5.41) is 3.64. The first-order valence-electron chi connectivity index (χ1n) is 7.10. The maximum atomic E-state index is 3.64. The van der Waals surface area contributed by atoms with Crippen LogP contribution < -0.4 is 5.32 Å². The lowest BCUT2D eigenvalue weighted by Crippen LogP contribution is -2.57. The standard InChI is InChI=1S/C14H28N2/c1-4-13-10-16(12(2)9-15-13)11-14(3)7-5-6-8-14/h12-13,15H,4-11H2,1-3H3. The van der Waals surface area contributed by atoms with Gasteiger partial charge in [-0.15, -0.1) is 0 Å². The third-order valence-corrected chi connectivity index (χ3v) is 4.67. The first-order chi connectivity index (χ1) is 7.63. The van der Waals surface area contributed by atoms with E-state index in [0.29, 0.717) is 5.41 Å². The van der Waals surface area contributed by atoms with Gasteiger partial charge in [0.2, 0.25) is 0 Å². The van der Waals surface area contributed by atoms with Gasteiger partial charge in [-0.3, -0.25) is 4.90 Å². The monoisotopic (exact) mass is 224 g/mol. The molecular weight excluding hydrogens is 196 g/mol. The van der Waals surface area contributed by atoms with Crippen molar-refractivity contribution in [1.82, 2.24) is 10.2 Å². The topological polar surface area (TPSA) is 15.3 Å². The van der Waals surface area contributed by atoms with Crippen molar-refractivity contribution < 1.29 is 0 Å². The predicted octanol–water partition coefficient (Wildman–Crippen LogP) is 2.64. The molecule has 94 valence electrons. The molecular formula is C14H28N2. The number of hydrogen-bond donors (Lipinski definition) is 1. The molecule has 2 heteroatoms. The van der Waals surface area contributed by atoms with Crippen molar-refractivity contribution in [2.45, 2.75) is 65.0 Å². The molecule has 1 aliphatic carbocycles. The fourth-order valence-corrected chi connectivity index (χ4v) is 3.36. The van der Waals surface area contributed by atoms with Crippen molar-refractivity contribution in [1.29, 1.82) is 0 Å². The van der Waals surface area contributed by atoms with E-state index in [1.807, 2.05) is 0 Å². The van der Waals surface area contributed by atoms with Gasteiger partial charge in [-0.1, -0.05) is 26.7 Å². The van der Waals surface area contributed by atoms with Gasteiger partial charge in [-0.25, -0.2) is 0 Å². The lowest BCUT2D eigenvalue weighted by Gasteiger charge is -2.42. The van der Waals surface area contributed by atoms with Gasteiger partial charge >= 0.3 is 0 Å². The molecule has 2 fully saturated rings. The van der Waals surface area contributed by atoms with E-state index in [2.05, 4.69) is 31.0 Å². The van der Waals surface area contributed by atoms with Crippen molar-refractivity contribution in [3.8, 4) is 0 Å². The summed E-state index contributed by atoms with van der Waals surface area (Å²) in [7, 11) is 0. The molecule has 1 saturated heterocycles. The molecule has 16 heavy (non-hydrogen) atoms. The van der Waals surface area contributed by atoms with Crippen LogP contribution in [0.3, 0.4) is 0 Å². The highest BCUT2D eigenvalue weighted by atomic mass is 15.2. The summed E-state index contributed by atoms with van der Waals surface area (Å²) in [6.07, 6.45) is 7.06. The van der Waals surface area contributed by atoms with E-state index in [1.165, 1.54) is 51.7 Å². The van der Waals surface area contributed by atoms with Crippen molar-refractivity contribution >= 4 is 0 Å². The molecule has 2 rings (SSSR count). The highest BCUT2D eigenvalue weighted by Crippen LogP contribution is 2.38. The third kappa shape index (κ3) is 2.78. The highest BCUT2D eigenvalue weighted by Gasteiger charge is 2.34. The summed E-state index contributed by atoms with van der Waals surface area (Å²) in [5.74, 6) is 0. The molecule has 0 radical (unpaired) electrons. The van der Waals surface area contributed by atoms with Crippen LogP contribution in [0.25, 0.3) is 0 Å². The van der Waals surface area contributed by atoms with E-state index in [4.69, 9.17) is 0 Å². The van der Waals surface area contributed by atoms with Gasteiger partial charge in [-0.05, 0) is 31.6 Å². The van der Waals surface area contributed by atoms with Crippen molar-refractivity contribution in [2.75, 3.05) is 19.6 Å². The smallest absolute Gasteiger partial charge is 0.0193 e. The van der Waals surface area contributed by atoms with E-state index < -0.39 is 0 Å². The Morgan fingerprint density at radius 1 is 1.31 bits per heavy atom. The first-order valence-corrected chi connectivity index (χ1v) is 7.10. The van der Waals surface area contributed by atoms with Crippen LogP contribution in [-0.2, 0) is 0 Å². The van der Waals surface area contributed by atoms with E-state index in [-0.39, 0.29) is 0 Å². The van der Waals surface area contributed by atoms with E-state index in [1.54, 1.807) is 0 Å². The van der Waals surface area contributed by atoms with Crippen LogP contribution in [0.4, 0.5) is 0 Å². The second-order valence-corrected chi connectivity index (χ2v) is 6.31. The molecule has 2 unspecified atom stereocenters. The van der Waals surface area contributed by atoms with Gasteiger partial charge in [0.05, 0.1) is 0 Å². The minimum atomic E-state index is 0.615. The zero-order valence-electron chi connectivity index (χ0n) is 11.3. The maximum Gasteiger partial charge on any atom is 0.0193 e. The van der Waals surface area contributed by atoms with Crippen LogP contribution in [0.1, 0.15) is 52.9 Å². The Kier molecular flexibility index (Phi) is 3.91. The molecule has 0 aromatic carbocycles. The quantitative estimate of drug-likeness (QED) is 0.793. The van der Waals surface area contributed by atoms with E-state index in [9.17, 15) is 0 Å². The number of piperazine rings is 1. The summed E-state index contributed by atoms with van der Waals surface area (Å²) < 4.78 is 0. The number of nitrogens with zero attached hydrogens (tertiary/aromatic N) is 1. The van der Waals surface area contributed by atoms with Crippen LogP contribution in [-0.4, -0.2) is 36.6 Å². The molecule has 1 N–H and O–H groups in total. The molecule has 0 amide bonds. The molecule has 0 aromatic rings. The highest BCUT2D eigenvalue weighted by molar-refractivity contribution is 4.89. The fraction of sp³-hybridized carbons (Fsp3) is 1.00. The Bertz CT molecular complexity index is 221. The second kappa shape index (κ2) is 5.05. The summed E-state index contributed by atoms with van der Waals surface area (Å²) >= 11 is 0. The van der Waals surface area contributed by atoms with Crippen molar-refractivity contribution in [2.24, 2.45) is 5.41 Å². The van der Waals surface area contributed by atoms with Crippen LogP contribution >= 0.6 is 0 Å². The van der Waals surface area contributed by atoms with Crippen LogP contribution in [0.15, 0.2) is 0 Å². The predicted molar refractivity (Wildman–Crippen MR) is 69.7 cm³/mol. The number of rotatable bonds is 3. The molecule has 1 saturated carbocycles. The Morgan fingerprint density at radius 3 is 2.62 bits per heavy atom. The van der Waals surface area contributed by atoms with Gasteiger partial charge < -0.3 is 5.32 Å². The maximum absolute atomic E-state index is 3.64. The third-order valence-electron chi connectivity index (χ3n) is 4.67. The summed E-state index contributed by atoms with van der Waals surface area (Å²) in [4.78, 5) is 2.73. The summed E-state index contributed by atoms with van der Waals surface area (Å²) in [6.45, 7) is 10.9. The minimum absolute atomic E-state index is 0.615. The first kappa shape index (κ1) is 12.4. The number of hydrogen-bond acceptors (Lipinski definition) is 2. The molecule has 0 aromatic heterocycles. The average molecular weight is 224 g/mol. The lowest BCUT2D eigenvalue weighted by molar-refractivity contribution is 0.0865. The van der Waals surface area contributed by atoms with Crippen molar-refractivity contribution in [3.05, 3.63) is 0 Å². The molecule has 2 aliphatic rings. The second-order valence-electron chi connectivity index (χ2n) is 6.31. The Hall–Kier alpha value is -0.0800. The number of nitrogens with one attached hydrogen (secondary N) is 1. The van der Waals surface area contributed by atoms with E-state index >= 15 is 0 Å². The Labute approximate surface area is 101 Å². The van der Waals surface area contributed by atoms with Gasteiger partial charge in [0, 0.05) is 31.7 Å². The lowest BCUT2D eigenvalue weighted by atomic mass is 9.87. The summed E-state index contributed by atoms with van der Waals surface area (Å²) in [5.41, 5.74) is 0.615. The molecule has 1 heterocycles. The largest absolute Gasteiger partial charge is 0.311 e.